The third-order valence-corrected chi connectivity index (χ3v) is 2.70. The van der Waals surface area contributed by atoms with Crippen LogP contribution < -0.4 is 5.32 Å². The molecule has 2 N–H and O–H groups in total. The van der Waals surface area contributed by atoms with Crippen molar-refractivity contribution in [2.24, 2.45) is 0 Å². The molecule has 98 valence electrons. The SMILES string of the molecule is CNc1ccnc(-n2cccc2)c1.Clc1ccc[nH]1. The van der Waals surface area contributed by atoms with Crippen LogP contribution in [-0.4, -0.2) is 21.6 Å². The Balaban J connectivity index is 0.000000186. The first kappa shape index (κ1) is 13.2. The largest absolute Gasteiger partial charge is 0.388 e. The van der Waals surface area contributed by atoms with E-state index < -0.39 is 0 Å². The minimum Gasteiger partial charge on any atom is -0.388 e. The van der Waals surface area contributed by atoms with Crippen molar-refractivity contribution in [2.75, 3.05) is 12.4 Å². The second kappa shape index (κ2) is 6.66. The van der Waals surface area contributed by atoms with Crippen molar-refractivity contribution in [3.8, 4) is 5.82 Å². The molecule has 0 aliphatic heterocycles. The molecule has 0 saturated heterocycles. The van der Waals surface area contributed by atoms with Gasteiger partial charge in [-0.15, -0.1) is 0 Å². The maximum absolute atomic E-state index is 5.40. The molecule has 3 heterocycles. The number of hydrogen-bond acceptors (Lipinski definition) is 2. The summed E-state index contributed by atoms with van der Waals surface area (Å²) < 4.78 is 1.97. The average Bonchev–Trinajstić information content (AvgIpc) is 3.12. The van der Waals surface area contributed by atoms with E-state index in [1.54, 1.807) is 18.5 Å². The molecule has 0 saturated carbocycles. The first-order valence-electron chi connectivity index (χ1n) is 5.85. The lowest BCUT2D eigenvalue weighted by atomic mass is 10.4. The lowest BCUT2D eigenvalue weighted by Gasteiger charge is -2.03. The lowest BCUT2D eigenvalue weighted by molar-refractivity contribution is 1.01. The van der Waals surface area contributed by atoms with Crippen molar-refractivity contribution in [2.45, 2.75) is 0 Å². The minimum atomic E-state index is 0.690. The van der Waals surface area contributed by atoms with E-state index in [9.17, 15) is 0 Å². The van der Waals surface area contributed by atoms with E-state index in [1.165, 1.54) is 0 Å². The predicted molar refractivity (Wildman–Crippen MR) is 78.9 cm³/mol. The van der Waals surface area contributed by atoms with Crippen molar-refractivity contribution >= 4 is 17.3 Å². The van der Waals surface area contributed by atoms with Crippen LogP contribution in [0, 0.1) is 0 Å². The van der Waals surface area contributed by atoms with Crippen LogP contribution in [0.3, 0.4) is 0 Å². The van der Waals surface area contributed by atoms with Crippen LogP contribution in [0.2, 0.25) is 5.15 Å². The smallest absolute Gasteiger partial charge is 0.138 e. The molecule has 0 radical (unpaired) electrons. The van der Waals surface area contributed by atoms with Gasteiger partial charge in [-0.2, -0.15) is 0 Å². The zero-order chi connectivity index (χ0) is 13.5. The molecule has 0 bridgehead atoms. The van der Waals surface area contributed by atoms with Crippen LogP contribution in [0.5, 0.6) is 0 Å². The highest BCUT2D eigenvalue weighted by Crippen LogP contribution is 2.10. The Hall–Kier alpha value is -2.20. The molecular formula is C14H15ClN4. The van der Waals surface area contributed by atoms with Crippen LogP contribution in [-0.2, 0) is 0 Å². The maximum Gasteiger partial charge on any atom is 0.138 e. The van der Waals surface area contributed by atoms with Gasteiger partial charge in [-0.1, -0.05) is 11.6 Å². The van der Waals surface area contributed by atoms with Crippen molar-refractivity contribution in [1.82, 2.24) is 14.5 Å². The Morgan fingerprint density at radius 2 is 2.00 bits per heavy atom. The predicted octanol–water partition coefficient (Wildman–Crippen LogP) is 3.58. The van der Waals surface area contributed by atoms with E-state index in [1.807, 2.05) is 54.3 Å². The molecule has 5 heteroatoms. The molecule has 0 amide bonds. The molecular weight excluding hydrogens is 260 g/mol. The van der Waals surface area contributed by atoms with Crippen molar-refractivity contribution < 1.29 is 0 Å². The number of pyridine rings is 1. The molecule has 0 aliphatic carbocycles. The number of halogens is 1. The topological polar surface area (TPSA) is 45.6 Å². The van der Waals surface area contributed by atoms with Gasteiger partial charge >= 0.3 is 0 Å². The molecule has 4 nitrogen and oxygen atoms in total. The molecule has 3 aromatic heterocycles. The molecule has 19 heavy (non-hydrogen) atoms. The third-order valence-electron chi connectivity index (χ3n) is 2.46. The standard InChI is InChI=1S/C10H11N3.C4H4ClN/c1-11-9-4-5-12-10(8-9)13-6-2-3-7-13;5-4-2-1-3-6-4/h2-8H,1H3,(H,11,12);1-3,6H. The first-order valence-corrected chi connectivity index (χ1v) is 6.23. The number of rotatable bonds is 2. The number of hydrogen-bond donors (Lipinski definition) is 2. The molecule has 0 aromatic carbocycles. The maximum atomic E-state index is 5.40. The number of aromatic amines is 1. The van der Waals surface area contributed by atoms with E-state index in [2.05, 4.69) is 15.3 Å². The van der Waals surface area contributed by atoms with Crippen molar-refractivity contribution in [1.29, 1.82) is 0 Å². The van der Waals surface area contributed by atoms with E-state index in [0.29, 0.717) is 5.15 Å². The molecule has 0 fully saturated rings. The van der Waals surface area contributed by atoms with Gasteiger partial charge in [0.1, 0.15) is 11.0 Å². The summed E-state index contributed by atoms with van der Waals surface area (Å²) in [4.78, 5) is 7.02. The van der Waals surface area contributed by atoms with Gasteiger partial charge in [0.15, 0.2) is 0 Å². The van der Waals surface area contributed by atoms with Crippen LogP contribution in [0.1, 0.15) is 0 Å². The lowest BCUT2D eigenvalue weighted by Crippen LogP contribution is -1.95. The number of aromatic nitrogens is 3. The molecule has 3 aromatic rings. The van der Waals surface area contributed by atoms with Gasteiger partial charge in [-0.3, -0.25) is 0 Å². The Labute approximate surface area is 117 Å². The molecule has 0 aliphatic rings. The molecule has 0 unspecified atom stereocenters. The van der Waals surface area contributed by atoms with Gasteiger partial charge < -0.3 is 14.9 Å². The van der Waals surface area contributed by atoms with E-state index in [0.717, 1.165) is 11.5 Å². The first-order chi connectivity index (χ1) is 9.29. The van der Waals surface area contributed by atoms with E-state index in [4.69, 9.17) is 11.6 Å². The third kappa shape index (κ3) is 3.89. The van der Waals surface area contributed by atoms with Gasteiger partial charge in [0.2, 0.25) is 0 Å². The second-order valence-corrected chi connectivity index (χ2v) is 4.17. The fraction of sp³-hybridized carbons (Fsp3) is 0.0714. The summed E-state index contributed by atoms with van der Waals surface area (Å²) in [5.74, 6) is 0.928. The Morgan fingerprint density at radius 3 is 2.53 bits per heavy atom. The van der Waals surface area contributed by atoms with Gasteiger partial charge in [-0.05, 0) is 30.3 Å². The van der Waals surface area contributed by atoms with Crippen molar-refractivity contribution in [3.63, 3.8) is 0 Å². The van der Waals surface area contributed by atoms with Crippen LogP contribution >= 0.6 is 11.6 Å². The second-order valence-electron chi connectivity index (χ2n) is 3.76. The Morgan fingerprint density at radius 1 is 1.21 bits per heavy atom. The number of anilines is 1. The van der Waals surface area contributed by atoms with Crippen molar-refractivity contribution in [3.05, 3.63) is 66.3 Å². The quantitative estimate of drug-likeness (QED) is 0.750. The van der Waals surface area contributed by atoms with Crippen LogP contribution in [0.4, 0.5) is 5.69 Å². The average molecular weight is 275 g/mol. The highest BCUT2D eigenvalue weighted by atomic mass is 35.5. The summed E-state index contributed by atoms with van der Waals surface area (Å²) in [7, 11) is 1.90. The number of nitrogens with zero attached hydrogens (tertiary/aromatic N) is 2. The number of nitrogens with one attached hydrogen (secondary N) is 2. The summed E-state index contributed by atoms with van der Waals surface area (Å²) in [5, 5.41) is 3.77. The summed E-state index contributed by atoms with van der Waals surface area (Å²) in [6, 6.07) is 11.5. The summed E-state index contributed by atoms with van der Waals surface area (Å²) in [6.45, 7) is 0. The van der Waals surface area contributed by atoms with Gasteiger partial charge in [0.05, 0.1) is 0 Å². The molecule has 0 atom stereocenters. The zero-order valence-corrected chi connectivity index (χ0v) is 11.3. The van der Waals surface area contributed by atoms with Gasteiger partial charge in [-0.25, -0.2) is 4.98 Å². The highest BCUT2D eigenvalue weighted by molar-refractivity contribution is 6.29. The molecule has 3 rings (SSSR count). The summed E-state index contributed by atoms with van der Waals surface area (Å²) >= 11 is 5.40. The normalized spacial score (nSPS) is 9.58. The fourth-order valence-corrected chi connectivity index (χ4v) is 1.65. The Kier molecular flexibility index (Phi) is 4.64. The van der Waals surface area contributed by atoms with E-state index >= 15 is 0 Å². The zero-order valence-electron chi connectivity index (χ0n) is 10.5. The van der Waals surface area contributed by atoms with Crippen LogP contribution in [0.15, 0.2) is 61.2 Å². The minimum absolute atomic E-state index is 0.690. The monoisotopic (exact) mass is 274 g/mol. The fourth-order valence-electron chi connectivity index (χ4n) is 1.51. The summed E-state index contributed by atoms with van der Waals surface area (Å²) in [5.41, 5.74) is 1.07. The molecule has 0 spiro atoms. The van der Waals surface area contributed by atoms with Gasteiger partial charge in [0, 0.05) is 43.6 Å². The Bertz CT molecular complexity index is 588. The summed E-state index contributed by atoms with van der Waals surface area (Å²) in [6.07, 6.45) is 7.52. The highest BCUT2D eigenvalue weighted by Gasteiger charge is 1.96. The number of H-pyrrole nitrogens is 1. The van der Waals surface area contributed by atoms with E-state index in [-0.39, 0.29) is 0 Å². The van der Waals surface area contributed by atoms with Crippen LogP contribution in [0.25, 0.3) is 5.82 Å². The van der Waals surface area contributed by atoms with Gasteiger partial charge in [0.25, 0.3) is 0 Å².